The van der Waals surface area contributed by atoms with Gasteiger partial charge < -0.3 is 4.74 Å². The van der Waals surface area contributed by atoms with Crippen LogP contribution in [0.25, 0.3) is 21.7 Å². The second-order valence-electron chi connectivity index (χ2n) is 4.09. The highest BCUT2D eigenvalue weighted by Gasteiger charge is 2.08. The number of hydrogen-bond acceptors (Lipinski definition) is 3. The predicted octanol–water partition coefficient (Wildman–Crippen LogP) is 3.31. The molecule has 3 heteroatoms. The van der Waals surface area contributed by atoms with Crippen molar-refractivity contribution in [2.75, 3.05) is 0 Å². The highest BCUT2D eigenvalue weighted by molar-refractivity contribution is 6.08. The molecule has 0 atom stereocenters. The summed E-state index contributed by atoms with van der Waals surface area (Å²) in [6, 6.07) is 13.5. The first-order valence-electron chi connectivity index (χ1n) is 5.70. The number of carbonyl (C=O) groups is 1. The highest BCUT2D eigenvalue weighted by Crippen LogP contribution is 2.31. The van der Waals surface area contributed by atoms with Gasteiger partial charge in [-0.3, -0.25) is 9.78 Å². The molecule has 0 radical (unpaired) electrons. The van der Waals surface area contributed by atoms with Gasteiger partial charge >= 0.3 is 5.97 Å². The van der Waals surface area contributed by atoms with E-state index in [1.807, 2.05) is 36.4 Å². The van der Waals surface area contributed by atoms with Crippen molar-refractivity contribution in [3.05, 3.63) is 48.7 Å². The van der Waals surface area contributed by atoms with Crippen LogP contribution >= 0.6 is 0 Å². The zero-order chi connectivity index (χ0) is 12.5. The number of aromatic nitrogens is 1. The van der Waals surface area contributed by atoms with Crippen LogP contribution in [0.5, 0.6) is 5.75 Å². The van der Waals surface area contributed by atoms with Crippen molar-refractivity contribution < 1.29 is 9.53 Å². The number of carbonyl (C=O) groups excluding carboxylic acids is 1. The van der Waals surface area contributed by atoms with Crippen LogP contribution in [0.15, 0.2) is 48.7 Å². The molecule has 0 saturated heterocycles. The molecular weight excluding hydrogens is 226 g/mol. The molecule has 3 rings (SSSR count). The molecule has 0 bridgehead atoms. The average Bonchev–Trinajstić information content (AvgIpc) is 2.38. The van der Waals surface area contributed by atoms with Gasteiger partial charge in [0.1, 0.15) is 5.75 Å². The Morgan fingerprint density at radius 3 is 2.67 bits per heavy atom. The molecule has 3 nitrogen and oxygen atoms in total. The maximum atomic E-state index is 11.2. The van der Waals surface area contributed by atoms with Gasteiger partial charge in [0, 0.05) is 18.5 Å². The van der Waals surface area contributed by atoms with Crippen molar-refractivity contribution in [3.8, 4) is 5.75 Å². The summed E-state index contributed by atoms with van der Waals surface area (Å²) in [7, 11) is 0. The van der Waals surface area contributed by atoms with Crippen LogP contribution in [0.4, 0.5) is 0 Å². The van der Waals surface area contributed by atoms with E-state index in [0.717, 1.165) is 21.7 Å². The Labute approximate surface area is 104 Å². The Morgan fingerprint density at radius 2 is 1.83 bits per heavy atom. The average molecular weight is 237 g/mol. The third kappa shape index (κ3) is 1.70. The Hall–Kier alpha value is -2.42. The standard InChI is InChI=1S/C15H11NO2/c1-10(17)18-13-6-2-4-11-7-8-12-5-3-9-16-15(12)14(11)13/h2-9H,1H3. The van der Waals surface area contributed by atoms with Crippen molar-refractivity contribution in [2.24, 2.45) is 0 Å². The van der Waals surface area contributed by atoms with Crippen LogP contribution in [0.1, 0.15) is 6.92 Å². The molecule has 0 aliphatic rings. The summed E-state index contributed by atoms with van der Waals surface area (Å²) >= 11 is 0. The number of benzene rings is 2. The van der Waals surface area contributed by atoms with Gasteiger partial charge in [0.25, 0.3) is 0 Å². The van der Waals surface area contributed by atoms with Gasteiger partial charge in [-0.2, -0.15) is 0 Å². The fourth-order valence-electron chi connectivity index (χ4n) is 2.12. The Morgan fingerprint density at radius 1 is 1.06 bits per heavy atom. The maximum absolute atomic E-state index is 11.2. The summed E-state index contributed by atoms with van der Waals surface area (Å²) in [6.45, 7) is 1.40. The molecule has 0 saturated carbocycles. The fraction of sp³-hybridized carbons (Fsp3) is 0.0667. The van der Waals surface area contributed by atoms with Gasteiger partial charge in [0.05, 0.1) is 10.9 Å². The summed E-state index contributed by atoms with van der Waals surface area (Å²) in [5.74, 6) is 0.236. The molecule has 0 fully saturated rings. The minimum atomic E-state index is -0.324. The molecule has 0 aliphatic carbocycles. The molecule has 1 heterocycles. The number of rotatable bonds is 1. The molecule has 88 valence electrons. The van der Waals surface area contributed by atoms with E-state index in [-0.39, 0.29) is 5.97 Å². The van der Waals surface area contributed by atoms with Crippen molar-refractivity contribution in [3.63, 3.8) is 0 Å². The van der Waals surface area contributed by atoms with Crippen molar-refractivity contribution >= 4 is 27.6 Å². The summed E-state index contributed by atoms with van der Waals surface area (Å²) < 4.78 is 5.26. The number of pyridine rings is 1. The minimum absolute atomic E-state index is 0.324. The van der Waals surface area contributed by atoms with Gasteiger partial charge in [0.2, 0.25) is 0 Å². The van der Waals surface area contributed by atoms with E-state index in [9.17, 15) is 4.79 Å². The zero-order valence-electron chi connectivity index (χ0n) is 9.88. The zero-order valence-corrected chi connectivity index (χ0v) is 9.88. The Balaban J connectivity index is 2.42. The SMILES string of the molecule is CC(=O)Oc1cccc2ccc3cccnc3c12. The van der Waals surface area contributed by atoms with E-state index in [0.29, 0.717) is 5.75 Å². The minimum Gasteiger partial charge on any atom is -0.426 e. The maximum Gasteiger partial charge on any atom is 0.308 e. The molecule has 2 aromatic carbocycles. The van der Waals surface area contributed by atoms with E-state index >= 15 is 0 Å². The summed E-state index contributed by atoms with van der Waals surface area (Å²) in [4.78, 5) is 15.5. The molecule has 0 amide bonds. The van der Waals surface area contributed by atoms with Crippen LogP contribution in [0.3, 0.4) is 0 Å². The summed E-state index contributed by atoms with van der Waals surface area (Å²) in [5.41, 5.74) is 0.854. The Bertz CT molecular complexity index is 750. The van der Waals surface area contributed by atoms with Gasteiger partial charge in [-0.05, 0) is 17.5 Å². The van der Waals surface area contributed by atoms with Crippen molar-refractivity contribution in [1.82, 2.24) is 4.98 Å². The number of fused-ring (bicyclic) bond motifs is 3. The normalized spacial score (nSPS) is 10.7. The molecule has 0 unspecified atom stereocenters. The van der Waals surface area contributed by atoms with Crippen LogP contribution in [0.2, 0.25) is 0 Å². The Kier molecular flexibility index (Phi) is 2.45. The lowest BCUT2D eigenvalue weighted by Crippen LogP contribution is -2.02. The molecule has 0 aliphatic heterocycles. The van der Waals surface area contributed by atoms with Crippen molar-refractivity contribution in [1.29, 1.82) is 0 Å². The monoisotopic (exact) mass is 237 g/mol. The molecule has 18 heavy (non-hydrogen) atoms. The molecular formula is C15H11NO2. The van der Waals surface area contributed by atoms with E-state index in [1.54, 1.807) is 12.3 Å². The molecule has 0 N–H and O–H groups in total. The second-order valence-corrected chi connectivity index (χ2v) is 4.09. The third-order valence-corrected chi connectivity index (χ3v) is 2.83. The van der Waals surface area contributed by atoms with Gasteiger partial charge in [0.15, 0.2) is 0 Å². The first-order chi connectivity index (χ1) is 8.75. The molecule has 0 spiro atoms. The predicted molar refractivity (Wildman–Crippen MR) is 70.6 cm³/mol. The van der Waals surface area contributed by atoms with E-state index in [2.05, 4.69) is 4.98 Å². The van der Waals surface area contributed by atoms with E-state index in [4.69, 9.17) is 4.74 Å². The largest absolute Gasteiger partial charge is 0.426 e. The quantitative estimate of drug-likeness (QED) is 0.370. The second kappa shape index (κ2) is 4.11. The summed E-state index contributed by atoms with van der Waals surface area (Å²) in [5, 5.41) is 2.93. The molecule has 1 aromatic heterocycles. The van der Waals surface area contributed by atoms with Crippen LogP contribution in [0, 0.1) is 0 Å². The number of nitrogens with zero attached hydrogens (tertiary/aromatic N) is 1. The number of hydrogen-bond donors (Lipinski definition) is 0. The van der Waals surface area contributed by atoms with Gasteiger partial charge in [-0.1, -0.05) is 30.3 Å². The van der Waals surface area contributed by atoms with Crippen LogP contribution in [-0.2, 0) is 4.79 Å². The highest BCUT2D eigenvalue weighted by atomic mass is 16.5. The number of esters is 1. The van der Waals surface area contributed by atoms with E-state index in [1.165, 1.54) is 6.92 Å². The first kappa shape index (κ1) is 10.7. The first-order valence-corrected chi connectivity index (χ1v) is 5.70. The van der Waals surface area contributed by atoms with Gasteiger partial charge in [-0.25, -0.2) is 0 Å². The van der Waals surface area contributed by atoms with Crippen LogP contribution < -0.4 is 4.74 Å². The summed E-state index contributed by atoms with van der Waals surface area (Å²) in [6.07, 6.45) is 1.74. The topological polar surface area (TPSA) is 39.2 Å². The fourth-order valence-corrected chi connectivity index (χ4v) is 2.12. The smallest absolute Gasteiger partial charge is 0.308 e. The lowest BCUT2D eigenvalue weighted by atomic mass is 10.1. The third-order valence-electron chi connectivity index (χ3n) is 2.83. The lowest BCUT2D eigenvalue weighted by Gasteiger charge is -2.08. The van der Waals surface area contributed by atoms with Crippen LogP contribution in [-0.4, -0.2) is 11.0 Å². The lowest BCUT2D eigenvalue weighted by molar-refractivity contribution is -0.131. The molecule has 3 aromatic rings. The number of ether oxygens (including phenoxy) is 1. The van der Waals surface area contributed by atoms with E-state index < -0.39 is 0 Å². The van der Waals surface area contributed by atoms with Gasteiger partial charge in [-0.15, -0.1) is 0 Å². The van der Waals surface area contributed by atoms with Crippen molar-refractivity contribution in [2.45, 2.75) is 6.92 Å².